The number of aromatic nitrogens is 1. The summed E-state index contributed by atoms with van der Waals surface area (Å²) in [6.45, 7) is 0. The van der Waals surface area contributed by atoms with E-state index in [9.17, 15) is 0 Å². The zero-order valence-electron chi connectivity index (χ0n) is 23.0. The Balaban J connectivity index is 1.37. The molecule has 0 aliphatic heterocycles. The van der Waals surface area contributed by atoms with Gasteiger partial charge in [0.25, 0.3) is 0 Å². The zero-order chi connectivity index (χ0) is 27.9. The van der Waals surface area contributed by atoms with Gasteiger partial charge in [0.15, 0.2) is 0 Å². The summed E-state index contributed by atoms with van der Waals surface area (Å²) >= 11 is 0. The molecule has 0 aliphatic rings. The highest BCUT2D eigenvalue weighted by atomic mass is 14.7. The molecule has 0 saturated carbocycles. The molecule has 0 radical (unpaired) electrons. The summed E-state index contributed by atoms with van der Waals surface area (Å²) in [5.41, 5.74) is 9.62. The fraction of sp³-hybridized carbons (Fsp3) is 0. The molecular formula is C41H27N. The molecule has 1 heterocycles. The molecule has 1 aromatic heterocycles. The molecule has 1 heteroatoms. The minimum absolute atomic E-state index is 0.988. The summed E-state index contributed by atoms with van der Waals surface area (Å²) in [7, 11) is 0. The van der Waals surface area contributed by atoms with E-state index in [1.165, 1.54) is 65.7 Å². The van der Waals surface area contributed by atoms with E-state index in [1.54, 1.807) is 0 Å². The Morgan fingerprint density at radius 3 is 1.40 bits per heavy atom. The molecule has 42 heavy (non-hydrogen) atoms. The normalized spacial score (nSPS) is 11.3. The van der Waals surface area contributed by atoms with E-state index in [2.05, 4.69) is 151 Å². The van der Waals surface area contributed by atoms with Crippen LogP contribution in [0.2, 0.25) is 0 Å². The van der Waals surface area contributed by atoms with Gasteiger partial charge < -0.3 is 0 Å². The van der Waals surface area contributed by atoms with Gasteiger partial charge in [-0.2, -0.15) is 0 Å². The number of nitrogens with zero attached hydrogens (tertiary/aromatic N) is 1. The first-order valence-electron chi connectivity index (χ1n) is 14.4. The molecule has 8 rings (SSSR count). The number of benzene rings is 7. The topological polar surface area (TPSA) is 12.9 Å². The molecule has 7 aromatic carbocycles. The van der Waals surface area contributed by atoms with Gasteiger partial charge in [-0.1, -0.05) is 146 Å². The summed E-state index contributed by atoms with van der Waals surface area (Å²) in [4.78, 5) is 4.52. The lowest BCUT2D eigenvalue weighted by molar-refractivity contribution is 1.33. The number of rotatable bonds is 4. The van der Waals surface area contributed by atoms with Crippen LogP contribution in [0.1, 0.15) is 0 Å². The lowest BCUT2D eigenvalue weighted by Gasteiger charge is -2.19. The van der Waals surface area contributed by atoms with Crippen molar-refractivity contribution in [1.82, 2.24) is 4.98 Å². The fourth-order valence-electron chi connectivity index (χ4n) is 6.47. The standard InChI is InChI=1S/C41H27N/c1-2-12-30(13-3-1)40-35-14-4-6-16-37(35)41(38-17-7-5-15-36(38)40)34-21-11-19-32-31(18-10-20-33(32)34)28-23-25-29(26-24-28)39-22-8-9-27-42-39/h1-27H. The molecule has 0 atom stereocenters. The average molecular weight is 534 g/mol. The van der Waals surface area contributed by atoms with Crippen LogP contribution in [-0.4, -0.2) is 4.98 Å². The van der Waals surface area contributed by atoms with Crippen LogP contribution in [0.15, 0.2) is 164 Å². The Morgan fingerprint density at radius 2 is 0.786 bits per heavy atom. The summed E-state index contributed by atoms with van der Waals surface area (Å²) in [6.07, 6.45) is 1.84. The van der Waals surface area contributed by atoms with Crippen molar-refractivity contribution < 1.29 is 0 Å². The molecule has 0 N–H and O–H groups in total. The Bertz CT molecular complexity index is 2160. The minimum Gasteiger partial charge on any atom is -0.256 e. The largest absolute Gasteiger partial charge is 0.256 e. The lowest BCUT2D eigenvalue weighted by Crippen LogP contribution is -1.92. The van der Waals surface area contributed by atoms with Crippen molar-refractivity contribution in [2.24, 2.45) is 0 Å². The van der Waals surface area contributed by atoms with E-state index in [0.717, 1.165) is 11.3 Å². The second kappa shape index (κ2) is 10.1. The molecule has 1 nitrogen and oxygen atoms in total. The van der Waals surface area contributed by atoms with Crippen LogP contribution in [0, 0.1) is 0 Å². The van der Waals surface area contributed by atoms with Crippen molar-refractivity contribution in [2.75, 3.05) is 0 Å². The first-order valence-corrected chi connectivity index (χ1v) is 14.4. The fourth-order valence-corrected chi connectivity index (χ4v) is 6.47. The summed E-state index contributed by atoms with van der Waals surface area (Å²) in [5, 5.41) is 7.60. The van der Waals surface area contributed by atoms with Gasteiger partial charge in [-0.3, -0.25) is 4.98 Å². The Hall–Kier alpha value is -5.53. The second-order valence-corrected chi connectivity index (χ2v) is 10.7. The Labute approximate surface area is 245 Å². The first-order chi connectivity index (χ1) is 20.9. The number of fused-ring (bicyclic) bond motifs is 3. The monoisotopic (exact) mass is 533 g/mol. The third-order valence-corrected chi connectivity index (χ3v) is 8.34. The van der Waals surface area contributed by atoms with E-state index < -0.39 is 0 Å². The van der Waals surface area contributed by atoms with Gasteiger partial charge in [0.2, 0.25) is 0 Å². The van der Waals surface area contributed by atoms with Crippen LogP contribution >= 0.6 is 0 Å². The van der Waals surface area contributed by atoms with Crippen molar-refractivity contribution in [1.29, 1.82) is 0 Å². The third-order valence-electron chi connectivity index (χ3n) is 8.34. The van der Waals surface area contributed by atoms with E-state index in [4.69, 9.17) is 0 Å². The van der Waals surface area contributed by atoms with Crippen LogP contribution in [-0.2, 0) is 0 Å². The summed E-state index contributed by atoms with van der Waals surface area (Å²) in [6, 6.07) is 56.8. The Kier molecular flexibility index (Phi) is 5.86. The van der Waals surface area contributed by atoms with Gasteiger partial charge in [0.1, 0.15) is 0 Å². The van der Waals surface area contributed by atoms with Crippen molar-refractivity contribution in [2.45, 2.75) is 0 Å². The SMILES string of the molecule is c1ccc(-c2c3ccccc3c(-c3cccc4c(-c5ccc(-c6ccccn6)cc5)cccc34)c3ccccc23)cc1. The van der Waals surface area contributed by atoms with Gasteiger partial charge in [0, 0.05) is 11.8 Å². The smallest absolute Gasteiger partial charge is 0.0701 e. The maximum Gasteiger partial charge on any atom is 0.0701 e. The molecule has 0 aliphatic carbocycles. The summed E-state index contributed by atoms with van der Waals surface area (Å²) in [5.74, 6) is 0. The molecule has 8 aromatic rings. The molecule has 0 fully saturated rings. The number of hydrogen-bond donors (Lipinski definition) is 0. The highest BCUT2D eigenvalue weighted by molar-refractivity contribution is 6.24. The highest BCUT2D eigenvalue weighted by Gasteiger charge is 2.18. The summed E-state index contributed by atoms with van der Waals surface area (Å²) < 4.78 is 0. The van der Waals surface area contributed by atoms with Crippen LogP contribution in [0.5, 0.6) is 0 Å². The number of pyridine rings is 1. The van der Waals surface area contributed by atoms with Crippen molar-refractivity contribution >= 4 is 32.3 Å². The van der Waals surface area contributed by atoms with Crippen LogP contribution < -0.4 is 0 Å². The maximum atomic E-state index is 4.52. The third kappa shape index (κ3) is 3.98. The van der Waals surface area contributed by atoms with Crippen molar-refractivity contribution in [3.05, 3.63) is 164 Å². The molecule has 0 amide bonds. The molecule has 0 bridgehead atoms. The van der Waals surface area contributed by atoms with E-state index in [1.807, 2.05) is 18.3 Å². The minimum atomic E-state index is 0.988. The zero-order valence-corrected chi connectivity index (χ0v) is 23.0. The second-order valence-electron chi connectivity index (χ2n) is 10.7. The molecular weight excluding hydrogens is 506 g/mol. The van der Waals surface area contributed by atoms with Gasteiger partial charge in [0.05, 0.1) is 5.69 Å². The average Bonchev–Trinajstić information content (AvgIpc) is 3.07. The molecule has 0 saturated heterocycles. The molecule has 0 unspecified atom stereocenters. The predicted octanol–water partition coefficient (Wildman–Crippen LogP) is 11.2. The number of hydrogen-bond acceptors (Lipinski definition) is 1. The first kappa shape index (κ1) is 24.3. The quantitative estimate of drug-likeness (QED) is 0.205. The van der Waals surface area contributed by atoms with Crippen molar-refractivity contribution in [3.63, 3.8) is 0 Å². The van der Waals surface area contributed by atoms with Gasteiger partial charge in [-0.05, 0) is 77.8 Å². The van der Waals surface area contributed by atoms with Gasteiger partial charge in [-0.25, -0.2) is 0 Å². The molecule has 196 valence electrons. The maximum absolute atomic E-state index is 4.52. The van der Waals surface area contributed by atoms with Gasteiger partial charge in [-0.15, -0.1) is 0 Å². The highest BCUT2D eigenvalue weighted by Crippen LogP contribution is 2.46. The van der Waals surface area contributed by atoms with Crippen LogP contribution in [0.4, 0.5) is 0 Å². The van der Waals surface area contributed by atoms with Gasteiger partial charge >= 0.3 is 0 Å². The van der Waals surface area contributed by atoms with Crippen LogP contribution in [0.25, 0.3) is 77.0 Å². The van der Waals surface area contributed by atoms with Crippen molar-refractivity contribution in [3.8, 4) is 44.6 Å². The lowest BCUT2D eigenvalue weighted by atomic mass is 9.84. The predicted molar refractivity (Wildman–Crippen MR) is 178 cm³/mol. The van der Waals surface area contributed by atoms with E-state index in [0.29, 0.717) is 0 Å². The van der Waals surface area contributed by atoms with E-state index >= 15 is 0 Å². The Morgan fingerprint density at radius 1 is 0.286 bits per heavy atom. The van der Waals surface area contributed by atoms with E-state index in [-0.39, 0.29) is 0 Å². The molecule has 0 spiro atoms. The van der Waals surface area contributed by atoms with Crippen LogP contribution in [0.3, 0.4) is 0 Å².